The first kappa shape index (κ1) is 35.0. The Morgan fingerprint density at radius 2 is 1.47 bits per heavy atom. The molecule has 43 heavy (non-hydrogen) atoms. The Morgan fingerprint density at radius 3 is 2.00 bits per heavy atom. The molecule has 1 aromatic heterocycles. The minimum atomic E-state index is -5.42. The summed E-state index contributed by atoms with van der Waals surface area (Å²) in [6.07, 6.45) is -9.88. The number of rotatable bonds is 8. The first-order valence-corrected chi connectivity index (χ1v) is 12.1. The maximum Gasteiger partial charge on any atom is 0.454 e. The molecule has 0 unspecified atom stereocenters. The van der Waals surface area contributed by atoms with Crippen LogP contribution in [0.25, 0.3) is 11.3 Å². The smallest absolute Gasteiger partial charge is 0.454 e. The van der Waals surface area contributed by atoms with Crippen LogP contribution in [0.2, 0.25) is 0 Å². The minimum Gasteiger partial charge on any atom is -0.504 e. The Balaban J connectivity index is 0.000000394. The second-order valence-electron chi connectivity index (χ2n) is 8.37. The second kappa shape index (κ2) is 15.9. The fourth-order valence-electron chi connectivity index (χ4n) is 3.25. The summed E-state index contributed by atoms with van der Waals surface area (Å²) in [5.41, 5.74) is 2.73. The zero-order chi connectivity index (χ0) is 30.8. The van der Waals surface area contributed by atoms with E-state index in [1.165, 1.54) is 0 Å². The van der Waals surface area contributed by atoms with Crippen molar-refractivity contribution in [1.29, 1.82) is 0 Å². The van der Waals surface area contributed by atoms with Gasteiger partial charge in [-0.1, -0.05) is 54.1 Å². The molecule has 0 spiro atoms. The van der Waals surface area contributed by atoms with Crippen molar-refractivity contribution in [1.82, 2.24) is 10.3 Å². The van der Waals surface area contributed by atoms with Crippen LogP contribution in [0.4, 0.5) is 26.3 Å². The summed E-state index contributed by atoms with van der Waals surface area (Å²) in [4.78, 5) is 14.4. The van der Waals surface area contributed by atoms with Crippen LogP contribution in [0, 0.1) is 6.07 Å². The van der Waals surface area contributed by atoms with Crippen LogP contribution in [-0.4, -0.2) is 35.3 Å². The van der Waals surface area contributed by atoms with Crippen molar-refractivity contribution >= 4 is 5.78 Å². The molecule has 0 amide bonds. The van der Waals surface area contributed by atoms with E-state index in [0.717, 1.165) is 34.9 Å². The fraction of sp³-hybridized carbons (Fsp3) is 0.133. The van der Waals surface area contributed by atoms with Crippen molar-refractivity contribution in [3.8, 4) is 34.3 Å². The summed E-state index contributed by atoms with van der Waals surface area (Å²) in [6, 6.07) is 30.3. The first-order valence-electron chi connectivity index (χ1n) is 12.1. The molecule has 0 atom stereocenters. The van der Waals surface area contributed by atoms with Crippen molar-refractivity contribution in [2.24, 2.45) is 0 Å². The molecule has 0 aliphatic rings. The van der Waals surface area contributed by atoms with Crippen molar-refractivity contribution in [2.45, 2.75) is 18.9 Å². The summed E-state index contributed by atoms with van der Waals surface area (Å²) in [5.74, 6) is -2.55. The Kier molecular flexibility index (Phi) is 12.9. The Labute approximate surface area is 256 Å². The number of para-hydroxylation sites is 2. The van der Waals surface area contributed by atoms with Crippen LogP contribution in [-0.2, 0) is 31.4 Å². The van der Waals surface area contributed by atoms with E-state index in [2.05, 4.69) is 16.4 Å². The zero-order valence-electron chi connectivity index (χ0n) is 22.2. The molecule has 0 saturated carbocycles. The number of carbonyl (C=O) groups excluding carboxylic acids is 1. The number of pyridine rings is 1. The van der Waals surface area contributed by atoms with Crippen molar-refractivity contribution < 1.29 is 65.8 Å². The van der Waals surface area contributed by atoms with Gasteiger partial charge in [-0.2, -0.15) is 26.3 Å². The van der Waals surface area contributed by atoms with Crippen LogP contribution in [0.15, 0.2) is 103 Å². The molecular formula is C30H23F6IrN2O4-. The van der Waals surface area contributed by atoms with Gasteiger partial charge < -0.3 is 24.9 Å². The molecule has 0 aliphatic carbocycles. The number of nitrogens with zero attached hydrogens (tertiary/aromatic N) is 1. The van der Waals surface area contributed by atoms with Gasteiger partial charge in [0.05, 0.1) is 0 Å². The molecule has 0 saturated heterocycles. The third-order valence-corrected chi connectivity index (χ3v) is 5.13. The Bertz CT molecular complexity index is 1500. The van der Waals surface area contributed by atoms with Gasteiger partial charge >= 0.3 is 12.4 Å². The number of halogens is 6. The molecule has 13 heteroatoms. The zero-order valence-corrected chi connectivity index (χ0v) is 24.6. The van der Waals surface area contributed by atoms with Gasteiger partial charge in [0.25, 0.3) is 5.78 Å². The summed E-state index contributed by atoms with van der Waals surface area (Å²) in [5, 5.41) is 11.1. The molecular weight excluding hydrogens is 759 g/mol. The van der Waals surface area contributed by atoms with Crippen molar-refractivity contribution in [2.75, 3.05) is 7.05 Å². The second-order valence-corrected chi connectivity index (χ2v) is 8.37. The van der Waals surface area contributed by atoms with E-state index in [4.69, 9.17) is 14.6 Å². The molecule has 0 fully saturated rings. The van der Waals surface area contributed by atoms with E-state index in [1.807, 2.05) is 92.0 Å². The average molecular weight is 782 g/mol. The van der Waals surface area contributed by atoms with Gasteiger partial charge in [0.15, 0.2) is 0 Å². The van der Waals surface area contributed by atoms with E-state index in [0.29, 0.717) is 11.5 Å². The van der Waals surface area contributed by atoms with E-state index >= 15 is 0 Å². The van der Waals surface area contributed by atoms with E-state index in [9.17, 15) is 31.1 Å². The van der Waals surface area contributed by atoms with E-state index in [1.54, 1.807) is 6.20 Å². The number of aromatic nitrogens is 1. The number of aliphatic hydroxyl groups is 1. The van der Waals surface area contributed by atoms with Gasteiger partial charge in [-0.25, -0.2) is 0 Å². The standard InChI is InChI=1S/C25H21N2O2.C5H2F6O2.Ir/c1-26-18-19-14-15-27-24(16-19)23-13-12-22(28-20-8-4-2-5-9-20)17-25(23)29-21-10-6-3-7-11-21;6-4(7,8)2(12)1-3(13)5(9,10)11;/h2-12,14-17,26H,18H2,1H3;1,12H;/q-1;;/b;2-1-;. The van der Waals surface area contributed by atoms with Crippen LogP contribution in [0.5, 0.6) is 23.0 Å². The van der Waals surface area contributed by atoms with Crippen LogP contribution < -0.4 is 14.8 Å². The van der Waals surface area contributed by atoms with E-state index < -0.39 is 30.0 Å². The van der Waals surface area contributed by atoms with Gasteiger partial charge in [0.2, 0.25) is 5.76 Å². The molecule has 229 valence electrons. The van der Waals surface area contributed by atoms with Crippen molar-refractivity contribution in [3.63, 3.8) is 0 Å². The third-order valence-electron chi connectivity index (χ3n) is 5.13. The fourth-order valence-corrected chi connectivity index (χ4v) is 3.25. The van der Waals surface area contributed by atoms with Crippen LogP contribution in [0.1, 0.15) is 5.56 Å². The summed E-state index contributed by atoms with van der Waals surface area (Å²) >= 11 is 0. The predicted molar refractivity (Wildman–Crippen MR) is 142 cm³/mol. The van der Waals surface area contributed by atoms with Crippen LogP contribution >= 0.6 is 0 Å². The molecule has 6 nitrogen and oxygen atoms in total. The topological polar surface area (TPSA) is 80.7 Å². The number of benzene rings is 3. The number of hydrogen-bond acceptors (Lipinski definition) is 6. The SMILES string of the molecule is CNCc1ccnc(-c2[c-]cc(Oc3ccccc3)cc2Oc2ccccc2)c1.O=C(/C=C(\O)C(F)(F)F)C(F)(F)F.[Ir]. The number of aliphatic hydroxyl groups excluding tert-OH is 1. The molecule has 4 aromatic rings. The monoisotopic (exact) mass is 782 g/mol. The quantitative estimate of drug-likeness (QED) is 0.0818. The van der Waals surface area contributed by atoms with E-state index in [-0.39, 0.29) is 20.1 Å². The van der Waals surface area contributed by atoms with Crippen LogP contribution in [0.3, 0.4) is 0 Å². The molecule has 0 bridgehead atoms. The summed E-state index contributed by atoms with van der Waals surface area (Å²) in [7, 11) is 1.92. The van der Waals surface area contributed by atoms with Gasteiger partial charge in [0.1, 0.15) is 11.5 Å². The van der Waals surface area contributed by atoms with Gasteiger partial charge in [-0.15, -0.1) is 12.1 Å². The molecule has 3 aromatic carbocycles. The molecule has 2 N–H and O–H groups in total. The number of carbonyl (C=O) groups is 1. The summed E-state index contributed by atoms with van der Waals surface area (Å²) < 4.78 is 80.2. The predicted octanol–water partition coefficient (Wildman–Crippen LogP) is 7.97. The third kappa shape index (κ3) is 11.2. The van der Waals surface area contributed by atoms with Gasteiger partial charge in [-0.3, -0.25) is 4.79 Å². The largest absolute Gasteiger partial charge is 0.504 e. The average Bonchev–Trinajstić information content (AvgIpc) is 2.94. The molecule has 4 rings (SSSR count). The number of allylic oxidation sites excluding steroid dienone is 2. The van der Waals surface area contributed by atoms with Gasteiger partial charge in [0, 0.05) is 50.4 Å². The normalized spacial score (nSPS) is 11.5. The molecule has 1 radical (unpaired) electrons. The Morgan fingerprint density at radius 1 is 0.884 bits per heavy atom. The maximum absolute atomic E-state index is 11.4. The first-order chi connectivity index (χ1) is 19.9. The van der Waals surface area contributed by atoms with Gasteiger partial charge in [-0.05, 0) is 48.6 Å². The number of ether oxygens (including phenoxy) is 2. The number of hydrogen-bond donors (Lipinski definition) is 2. The molecule has 0 aliphatic heterocycles. The number of nitrogens with one attached hydrogen (secondary N) is 1. The minimum absolute atomic E-state index is 0. The number of ketones is 1. The Hall–Kier alpha value is -4.19. The molecule has 1 heterocycles. The summed E-state index contributed by atoms with van der Waals surface area (Å²) in [6.45, 7) is 0.763. The maximum atomic E-state index is 11.4. The number of alkyl halides is 6. The van der Waals surface area contributed by atoms with Crippen molar-refractivity contribution in [3.05, 3.63) is 115 Å².